The number of nitrogens with zero attached hydrogens (tertiary/aromatic N) is 4. The zero-order valence-electron chi connectivity index (χ0n) is 18.4. The summed E-state index contributed by atoms with van der Waals surface area (Å²) >= 11 is 0. The van der Waals surface area contributed by atoms with Crippen LogP contribution in [-0.2, 0) is 17.6 Å². The molecule has 2 N–H and O–H groups in total. The number of oxazole rings is 1. The summed E-state index contributed by atoms with van der Waals surface area (Å²) in [6, 6.07) is 10.6. The van der Waals surface area contributed by atoms with Crippen LogP contribution in [0.25, 0.3) is 11.1 Å². The van der Waals surface area contributed by atoms with E-state index in [9.17, 15) is 14.7 Å². The molecule has 3 aromatic rings. The number of amides is 2. The number of fused-ring (bicyclic) bond motifs is 2. The first-order chi connectivity index (χ1) is 16.1. The van der Waals surface area contributed by atoms with E-state index in [-0.39, 0.29) is 18.3 Å². The molecule has 0 bridgehead atoms. The van der Waals surface area contributed by atoms with Gasteiger partial charge in [-0.3, -0.25) is 4.79 Å². The quantitative estimate of drug-likeness (QED) is 0.542. The van der Waals surface area contributed by atoms with Crippen LogP contribution in [0.2, 0.25) is 0 Å². The lowest BCUT2D eigenvalue weighted by Crippen LogP contribution is -2.36. The Bertz CT molecular complexity index is 1140. The van der Waals surface area contributed by atoms with Gasteiger partial charge in [-0.15, -0.1) is 0 Å². The van der Waals surface area contributed by atoms with E-state index in [0.717, 1.165) is 43.7 Å². The molecule has 5 rings (SSSR count). The molecule has 0 aliphatic carbocycles. The Kier molecular flexibility index (Phi) is 5.85. The van der Waals surface area contributed by atoms with Crippen LogP contribution in [-0.4, -0.2) is 63.1 Å². The van der Waals surface area contributed by atoms with Gasteiger partial charge in [-0.25, -0.2) is 14.8 Å². The van der Waals surface area contributed by atoms with Crippen molar-refractivity contribution in [2.24, 2.45) is 0 Å². The van der Waals surface area contributed by atoms with Crippen LogP contribution in [0.15, 0.2) is 40.8 Å². The maximum absolute atomic E-state index is 13.1. The molecule has 1 fully saturated rings. The minimum atomic E-state index is -0.999. The summed E-state index contributed by atoms with van der Waals surface area (Å²) in [5.41, 5.74) is 3.51. The maximum Gasteiger partial charge on any atom is 0.320 e. The van der Waals surface area contributed by atoms with Gasteiger partial charge in [0.05, 0.1) is 6.42 Å². The number of aryl methyl sites for hydroxylation is 2. The van der Waals surface area contributed by atoms with Crippen LogP contribution in [0, 0.1) is 0 Å². The molecule has 0 radical (unpaired) electrons. The molecule has 9 nitrogen and oxygen atoms in total. The molecule has 2 amide bonds. The van der Waals surface area contributed by atoms with Crippen LogP contribution < -0.4 is 5.32 Å². The van der Waals surface area contributed by atoms with Crippen LogP contribution >= 0.6 is 0 Å². The van der Waals surface area contributed by atoms with Gasteiger partial charge in [-0.2, -0.15) is 0 Å². The number of anilines is 1. The van der Waals surface area contributed by atoms with Crippen LogP contribution in [0.3, 0.4) is 0 Å². The van der Waals surface area contributed by atoms with E-state index in [2.05, 4.69) is 22.4 Å². The molecule has 0 saturated carbocycles. The first-order valence-electron chi connectivity index (χ1n) is 11.4. The van der Waals surface area contributed by atoms with Crippen molar-refractivity contribution >= 4 is 28.9 Å². The molecule has 2 aliphatic rings. The first-order valence-corrected chi connectivity index (χ1v) is 11.4. The van der Waals surface area contributed by atoms with Gasteiger partial charge in [-0.1, -0.05) is 18.2 Å². The molecule has 4 heterocycles. The van der Waals surface area contributed by atoms with Crippen LogP contribution in [0.1, 0.15) is 42.5 Å². The van der Waals surface area contributed by atoms with Gasteiger partial charge in [0.25, 0.3) is 0 Å². The number of urea groups is 1. The minimum Gasteiger partial charge on any atom is -0.481 e. The summed E-state index contributed by atoms with van der Waals surface area (Å²) in [5.74, 6) is 0.247. The standard InChI is InChI=1S/C24H27N5O4/c30-21(31)15-19(23-27-18-7-1-2-8-20(18)33-23)29-14-13-28(24(29)32)12-4-6-17-10-9-16-5-3-11-25-22(16)26-17/h1-2,7-10,19H,3-6,11-15H2,(H,25,26)(H,30,31)/t19-/m1/s1. The highest BCUT2D eigenvalue weighted by molar-refractivity contribution is 5.78. The summed E-state index contributed by atoms with van der Waals surface area (Å²) in [6.07, 6.45) is 3.51. The van der Waals surface area contributed by atoms with Crippen molar-refractivity contribution in [3.63, 3.8) is 0 Å². The van der Waals surface area contributed by atoms with Crippen molar-refractivity contribution in [3.8, 4) is 0 Å². The number of aliphatic carboxylic acids is 1. The Morgan fingerprint density at radius 2 is 2.06 bits per heavy atom. The summed E-state index contributed by atoms with van der Waals surface area (Å²) in [6.45, 7) is 2.54. The van der Waals surface area contributed by atoms with Gasteiger partial charge in [0, 0.05) is 31.9 Å². The Morgan fingerprint density at radius 1 is 1.18 bits per heavy atom. The van der Waals surface area contributed by atoms with Crippen molar-refractivity contribution in [3.05, 3.63) is 53.5 Å². The highest BCUT2D eigenvalue weighted by atomic mass is 16.4. The third-order valence-electron chi connectivity index (χ3n) is 6.28. The minimum absolute atomic E-state index is 0.177. The van der Waals surface area contributed by atoms with Crippen LogP contribution in [0.5, 0.6) is 0 Å². The van der Waals surface area contributed by atoms with E-state index in [1.807, 2.05) is 18.2 Å². The van der Waals surface area contributed by atoms with Crippen molar-refractivity contribution in [1.29, 1.82) is 0 Å². The first kappa shape index (κ1) is 21.2. The second-order valence-electron chi connectivity index (χ2n) is 8.54. The lowest BCUT2D eigenvalue weighted by atomic mass is 10.1. The van der Waals surface area contributed by atoms with Gasteiger partial charge in [-0.05, 0) is 49.4 Å². The summed E-state index contributed by atoms with van der Waals surface area (Å²) < 4.78 is 5.81. The van der Waals surface area contributed by atoms with Crippen molar-refractivity contribution in [1.82, 2.24) is 19.8 Å². The molecule has 1 saturated heterocycles. The zero-order chi connectivity index (χ0) is 22.8. The number of carbonyl (C=O) groups excluding carboxylic acids is 1. The van der Waals surface area contributed by atoms with Gasteiger partial charge in [0.1, 0.15) is 17.4 Å². The Labute approximate surface area is 191 Å². The van der Waals surface area contributed by atoms with E-state index in [4.69, 9.17) is 9.40 Å². The van der Waals surface area contributed by atoms with Crippen LogP contribution in [0.4, 0.5) is 10.6 Å². The average molecular weight is 450 g/mol. The van der Waals surface area contributed by atoms with E-state index in [1.54, 1.807) is 15.9 Å². The number of benzene rings is 1. The normalized spacial score (nSPS) is 16.7. The number of hydrogen-bond acceptors (Lipinski definition) is 6. The fourth-order valence-corrected chi connectivity index (χ4v) is 4.59. The summed E-state index contributed by atoms with van der Waals surface area (Å²) in [7, 11) is 0. The number of carboxylic acids is 1. The summed E-state index contributed by atoms with van der Waals surface area (Å²) in [5, 5.41) is 12.8. The van der Waals surface area contributed by atoms with Gasteiger partial charge >= 0.3 is 12.0 Å². The number of rotatable bonds is 8. The molecular weight excluding hydrogens is 422 g/mol. The second-order valence-corrected chi connectivity index (χ2v) is 8.54. The highest BCUT2D eigenvalue weighted by Crippen LogP contribution is 2.30. The van der Waals surface area contributed by atoms with Crippen molar-refractivity contribution in [2.75, 3.05) is 31.5 Å². The predicted octanol–water partition coefficient (Wildman–Crippen LogP) is 3.47. The number of carbonyl (C=O) groups is 2. The summed E-state index contributed by atoms with van der Waals surface area (Å²) in [4.78, 5) is 37.2. The van der Waals surface area contributed by atoms with Crippen molar-refractivity contribution in [2.45, 2.75) is 38.1 Å². The monoisotopic (exact) mass is 449 g/mol. The fourth-order valence-electron chi connectivity index (χ4n) is 4.59. The molecule has 33 heavy (non-hydrogen) atoms. The van der Waals surface area contributed by atoms with E-state index >= 15 is 0 Å². The number of carboxylic acid groups (broad SMARTS) is 1. The lowest BCUT2D eigenvalue weighted by Gasteiger charge is -2.24. The SMILES string of the molecule is O=C(O)C[C@H](c1nc2ccccc2o1)N1CCN(CCCc2ccc3c(n2)NCCC3)C1=O. The van der Waals surface area contributed by atoms with Gasteiger partial charge in [0.2, 0.25) is 5.89 Å². The van der Waals surface area contributed by atoms with E-state index < -0.39 is 12.0 Å². The van der Waals surface area contributed by atoms with E-state index in [1.165, 1.54) is 5.56 Å². The molecule has 0 unspecified atom stereocenters. The highest BCUT2D eigenvalue weighted by Gasteiger charge is 2.37. The Balaban J connectivity index is 1.23. The number of para-hydroxylation sites is 2. The number of nitrogens with one attached hydrogen (secondary N) is 1. The molecule has 0 spiro atoms. The predicted molar refractivity (Wildman–Crippen MR) is 122 cm³/mol. The zero-order valence-corrected chi connectivity index (χ0v) is 18.4. The molecule has 2 aromatic heterocycles. The third-order valence-corrected chi connectivity index (χ3v) is 6.28. The third kappa shape index (κ3) is 4.48. The number of aromatic nitrogens is 2. The number of pyridine rings is 1. The van der Waals surface area contributed by atoms with Gasteiger partial charge in [0.15, 0.2) is 5.58 Å². The Hall–Kier alpha value is -3.62. The maximum atomic E-state index is 13.1. The molecule has 172 valence electrons. The average Bonchev–Trinajstić information content (AvgIpc) is 3.41. The molecular formula is C24H27N5O4. The topological polar surface area (TPSA) is 112 Å². The lowest BCUT2D eigenvalue weighted by molar-refractivity contribution is -0.138. The van der Waals surface area contributed by atoms with Gasteiger partial charge < -0.3 is 24.6 Å². The molecule has 1 atom stereocenters. The smallest absolute Gasteiger partial charge is 0.320 e. The Morgan fingerprint density at radius 3 is 2.91 bits per heavy atom. The molecule has 9 heteroatoms. The molecule has 2 aliphatic heterocycles. The molecule has 1 aromatic carbocycles. The number of hydrogen-bond donors (Lipinski definition) is 2. The van der Waals surface area contributed by atoms with Crippen molar-refractivity contribution < 1.29 is 19.1 Å². The van der Waals surface area contributed by atoms with E-state index in [0.29, 0.717) is 30.7 Å². The fraction of sp³-hybridized carbons (Fsp3) is 0.417. The largest absolute Gasteiger partial charge is 0.481 e. The second kappa shape index (κ2) is 9.09.